The Morgan fingerprint density at radius 2 is 1.95 bits per heavy atom. The van der Waals surface area contributed by atoms with E-state index in [1.165, 1.54) is 0 Å². The molecule has 0 radical (unpaired) electrons. The van der Waals surface area contributed by atoms with Crippen molar-refractivity contribution >= 4 is 34.1 Å². The average Bonchev–Trinajstić information content (AvgIpc) is 3.27. The van der Waals surface area contributed by atoms with Crippen LogP contribution in [0.5, 0.6) is 5.75 Å². The molecule has 0 atom stereocenters. The molecule has 2 aromatic heterocycles. The molecule has 0 aliphatic carbocycles. The van der Waals surface area contributed by atoms with Gasteiger partial charge in [-0.1, -0.05) is 18.2 Å². The van der Waals surface area contributed by atoms with Crippen LogP contribution in [0.15, 0.2) is 66.1 Å². The SMILES string of the molecule is COc1cc(-c2cnc(C)n2C)ccc1Nc1cc2cc(C(C=NC3CCNCC3)=CN)ccc2cn1. The summed E-state index contributed by atoms with van der Waals surface area (Å²) in [4.78, 5) is 13.8. The molecule has 1 saturated heterocycles. The lowest BCUT2D eigenvalue weighted by Gasteiger charge is -2.18. The normalized spacial score (nSPS) is 14.9. The number of aromatic nitrogens is 3. The highest BCUT2D eigenvalue weighted by Crippen LogP contribution is 2.33. The Morgan fingerprint density at radius 3 is 2.68 bits per heavy atom. The quantitative estimate of drug-likeness (QED) is 0.318. The first-order valence-corrected chi connectivity index (χ1v) is 12.6. The molecule has 4 aromatic rings. The van der Waals surface area contributed by atoms with Gasteiger partial charge in [0.25, 0.3) is 0 Å². The second-order valence-corrected chi connectivity index (χ2v) is 9.30. The Labute approximate surface area is 217 Å². The number of methoxy groups -OCH3 is 1. The third-order valence-electron chi connectivity index (χ3n) is 6.95. The summed E-state index contributed by atoms with van der Waals surface area (Å²) in [6.07, 6.45) is 9.39. The summed E-state index contributed by atoms with van der Waals surface area (Å²) in [5.74, 6) is 2.42. The number of piperidine rings is 1. The molecule has 0 saturated carbocycles. The number of aryl methyl sites for hydroxylation is 1. The molecule has 0 unspecified atom stereocenters. The van der Waals surface area contributed by atoms with Crippen molar-refractivity contribution in [3.05, 3.63) is 72.4 Å². The Balaban J connectivity index is 1.39. The number of pyridine rings is 1. The molecule has 0 spiro atoms. The van der Waals surface area contributed by atoms with Crippen LogP contribution < -0.4 is 21.1 Å². The Morgan fingerprint density at radius 1 is 1.11 bits per heavy atom. The lowest BCUT2D eigenvalue weighted by Crippen LogP contribution is -2.29. The number of anilines is 2. The largest absolute Gasteiger partial charge is 0.495 e. The van der Waals surface area contributed by atoms with Crippen LogP contribution in [0.3, 0.4) is 0 Å². The van der Waals surface area contributed by atoms with E-state index in [2.05, 4.69) is 49.4 Å². The molecule has 8 heteroatoms. The van der Waals surface area contributed by atoms with Crippen molar-refractivity contribution in [2.24, 2.45) is 17.8 Å². The minimum atomic E-state index is 0.347. The summed E-state index contributed by atoms with van der Waals surface area (Å²) in [5, 5.41) is 8.90. The molecule has 1 fully saturated rings. The van der Waals surface area contributed by atoms with Crippen LogP contribution in [0.25, 0.3) is 27.6 Å². The molecule has 0 amide bonds. The predicted octanol–water partition coefficient (Wildman–Crippen LogP) is 4.82. The van der Waals surface area contributed by atoms with Gasteiger partial charge in [0.05, 0.1) is 30.7 Å². The van der Waals surface area contributed by atoms with E-state index in [0.717, 1.165) is 82.2 Å². The van der Waals surface area contributed by atoms with Gasteiger partial charge in [0.2, 0.25) is 0 Å². The van der Waals surface area contributed by atoms with Crippen molar-refractivity contribution in [2.45, 2.75) is 25.8 Å². The van der Waals surface area contributed by atoms with Crippen LogP contribution >= 0.6 is 0 Å². The zero-order valence-corrected chi connectivity index (χ0v) is 21.5. The van der Waals surface area contributed by atoms with E-state index >= 15 is 0 Å². The van der Waals surface area contributed by atoms with Crippen molar-refractivity contribution in [3.8, 4) is 17.0 Å². The molecule has 190 valence electrons. The fourth-order valence-corrected chi connectivity index (χ4v) is 4.61. The number of ether oxygens (including phenoxy) is 1. The van der Waals surface area contributed by atoms with E-state index in [4.69, 9.17) is 15.5 Å². The first kappa shape index (κ1) is 24.5. The molecular formula is C29H33N7O. The van der Waals surface area contributed by atoms with Gasteiger partial charge in [-0.2, -0.15) is 0 Å². The summed E-state index contributed by atoms with van der Waals surface area (Å²) in [7, 11) is 3.68. The fraction of sp³-hybridized carbons (Fsp3) is 0.276. The van der Waals surface area contributed by atoms with E-state index in [1.807, 2.05) is 50.8 Å². The van der Waals surface area contributed by atoms with Gasteiger partial charge in [0.15, 0.2) is 0 Å². The van der Waals surface area contributed by atoms with Gasteiger partial charge in [-0.3, -0.25) is 4.99 Å². The van der Waals surface area contributed by atoms with Gasteiger partial charge < -0.3 is 25.7 Å². The lowest BCUT2D eigenvalue weighted by atomic mass is 10.0. The smallest absolute Gasteiger partial charge is 0.143 e. The average molecular weight is 496 g/mol. The number of nitrogens with zero attached hydrogens (tertiary/aromatic N) is 4. The number of allylic oxidation sites excluding steroid dienone is 1. The standard InChI is InChI=1S/C29H33N7O/c1-19-32-18-27(36(19)2)21-6-7-26(28(13-21)37-3)35-29-14-23-12-20(4-5-22(23)16-34-29)24(15-30)17-33-25-8-10-31-11-9-25/h4-7,12-18,25,31H,8-11,30H2,1-3H3,(H,34,35). The molecule has 1 aliphatic rings. The summed E-state index contributed by atoms with van der Waals surface area (Å²) in [6.45, 7) is 4.01. The van der Waals surface area contributed by atoms with Crippen LogP contribution in [-0.4, -0.2) is 47.0 Å². The predicted molar refractivity (Wildman–Crippen MR) is 152 cm³/mol. The molecule has 37 heavy (non-hydrogen) atoms. The van der Waals surface area contributed by atoms with Gasteiger partial charge in [-0.15, -0.1) is 0 Å². The third kappa shape index (κ3) is 5.34. The van der Waals surface area contributed by atoms with Crippen molar-refractivity contribution < 1.29 is 4.74 Å². The first-order valence-electron chi connectivity index (χ1n) is 12.6. The highest BCUT2D eigenvalue weighted by atomic mass is 16.5. The van der Waals surface area contributed by atoms with Gasteiger partial charge in [0.1, 0.15) is 17.4 Å². The molecule has 3 heterocycles. The third-order valence-corrected chi connectivity index (χ3v) is 6.95. The van der Waals surface area contributed by atoms with E-state index < -0.39 is 0 Å². The zero-order valence-electron chi connectivity index (χ0n) is 21.5. The number of nitrogens with one attached hydrogen (secondary N) is 2. The minimum absolute atomic E-state index is 0.347. The molecule has 8 nitrogen and oxygen atoms in total. The fourth-order valence-electron chi connectivity index (χ4n) is 4.61. The number of hydrogen-bond acceptors (Lipinski definition) is 7. The molecule has 2 aromatic carbocycles. The number of benzene rings is 2. The molecule has 0 bridgehead atoms. The maximum Gasteiger partial charge on any atom is 0.143 e. The lowest BCUT2D eigenvalue weighted by molar-refractivity contribution is 0.417. The highest BCUT2D eigenvalue weighted by Gasteiger charge is 2.12. The van der Waals surface area contributed by atoms with E-state index in [1.54, 1.807) is 13.3 Å². The highest BCUT2D eigenvalue weighted by molar-refractivity contribution is 6.10. The van der Waals surface area contributed by atoms with Crippen molar-refractivity contribution in [3.63, 3.8) is 0 Å². The van der Waals surface area contributed by atoms with Crippen LogP contribution in [0.2, 0.25) is 0 Å². The molecule has 5 rings (SSSR count). The second kappa shape index (κ2) is 10.8. The minimum Gasteiger partial charge on any atom is -0.495 e. The first-order chi connectivity index (χ1) is 18.1. The second-order valence-electron chi connectivity index (χ2n) is 9.30. The van der Waals surface area contributed by atoms with E-state index in [9.17, 15) is 0 Å². The maximum atomic E-state index is 5.98. The monoisotopic (exact) mass is 495 g/mol. The van der Waals surface area contributed by atoms with Crippen molar-refractivity contribution in [1.29, 1.82) is 0 Å². The number of imidazole rings is 1. The van der Waals surface area contributed by atoms with E-state index in [0.29, 0.717) is 6.04 Å². The number of rotatable bonds is 7. The van der Waals surface area contributed by atoms with Crippen molar-refractivity contribution in [2.75, 3.05) is 25.5 Å². The molecular weight excluding hydrogens is 462 g/mol. The summed E-state index contributed by atoms with van der Waals surface area (Å²) in [5.41, 5.74) is 10.8. The van der Waals surface area contributed by atoms with Crippen LogP contribution in [-0.2, 0) is 7.05 Å². The summed E-state index contributed by atoms with van der Waals surface area (Å²) < 4.78 is 7.76. The van der Waals surface area contributed by atoms with Crippen LogP contribution in [0.1, 0.15) is 24.2 Å². The zero-order chi connectivity index (χ0) is 25.8. The van der Waals surface area contributed by atoms with E-state index in [-0.39, 0.29) is 0 Å². The number of nitrogens with two attached hydrogens (primary N) is 1. The van der Waals surface area contributed by atoms with Crippen LogP contribution in [0, 0.1) is 6.92 Å². The Bertz CT molecular complexity index is 1460. The van der Waals surface area contributed by atoms with Gasteiger partial charge >= 0.3 is 0 Å². The molecule has 1 aliphatic heterocycles. The van der Waals surface area contributed by atoms with Gasteiger partial charge in [0, 0.05) is 42.2 Å². The Kier molecular flexibility index (Phi) is 7.18. The number of hydrogen-bond donors (Lipinski definition) is 3. The summed E-state index contributed by atoms with van der Waals surface area (Å²) in [6, 6.07) is 14.7. The number of aliphatic imine (C=N–C) groups is 1. The molecule has 4 N–H and O–H groups in total. The van der Waals surface area contributed by atoms with Gasteiger partial charge in [-0.05, 0) is 68.1 Å². The summed E-state index contributed by atoms with van der Waals surface area (Å²) >= 11 is 0. The van der Waals surface area contributed by atoms with Crippen molar-refractivity contribution in [1.82, 2.24) is 19.9 Å². The maximum absolute atomic E-state index is 5.98. The van der Waals surface area contributed by atoms with Gasteiger partial charge in [-0.25, -0.2) is 9.97 Å². The Hall–Kier alpha value is -4.17. The van der Waals surface area contributed by atoms with Crippen LogP contribution in [0.4, 0.5) is 11.5 Å². The topological polar surface area (TPSA) is 102 Å². The number of fused-ring (bicyclic) bond motifs is 1.